The quantitative estimate of drug-likeness (QED) is 0.203. The molecule has 0 bridgehead atoms. The maximum absolute atomic E-state index is 10.9. The Morgan fingerprint density at radius 1 is 0.900 bits per heavy atom. The predicted molar refractivity (Wildman–Crippen MR) is 159 cm³/mol. The van der Waals surface area contributed by atoms with Crippen LogP contribution in [0.3, 0.4) is 0 Å². The molecule has 11 heteroatoms. The highest BCUT2D eigenvalue weighted by atomic mass is 16.5. The molecule has 0 heterocycles. The Hall–Kier alpha value is -1.76. The van der Waals surface area contributed by atoms with Gasteiger partial charge in [-0.3, -0.25) is 9.59 Å². The van der Waals surface area contributed by atoms with E-state index in [9.17, 15) is 14.4 Å². The van der Waals surface area contributed by atoms with Gasteiger partial charge in [-0.15, -0.1) is 0 Å². The number of carbonyl (C=O) groups is 4. The second-order valence-electron chi connectivity index (χ2n) is 10.8. The Morgan fingerprint density at radius 2 is 1.30 bits per heavy atom. The Labute approximate surface area is 244 Å². The number of Topliss-reactive ketones (excluding diaryl/α,β-unsaturated/α-hetero) is 1. The van der Waals surface area contributed by atoms with Crippen molar-refractivity contribution < 1.29 is 48.0 Å². The van der Waals surface area contributed by atoms with Gasteiger partial charge in [-0.2, -0.15) is 0 Å². The summed E-state index contributed by atoms with van der Waals surface area (Å²) >= 11 is 0. The molecule has 1 unspecified atom stereocenters. The van der Waals surface area contributed by atoms with Crippen LogP contribution in [0.25, 0.3) is 0 Å². The number of aldehydes is 1. The summed E-state index contributed by atoms with van der Waals surface area (Å²) in [6.07, 6.45) is 2.39. The highest BCUT2D eigenvalue weighted by molar-refractivity contribution is 5.75. The number of nitrogens with one attached hydrogen (secondary N) is 1. The van der Waals surface area contributed by atoms with Gasteiger partial charge in [0, 0.05) is 32.7 Å². The van der Waals surface area contributed by atoms with Crippen molar-refractivity contribution >= 4 is 25.3 Å². The molecule has 0 saturated heterocycles. The SMILES string of the molecule is C=O.CC(C)(C)OC=O.CC(C)O.CCCOCC(COCCC=O)(COCCC(C)=O)NC.COC(C)(C)C. The molecule has 0 radical (unpaired) electrons. The Bertz CT molecular complexity index is 557. The molecule has 0 aliphatic carbocycles. The number of rotatable bonds is 16. The number of likely N-dealkylation sites (N-methyl/N-ethyl adjacent to an activating group) is 1. The van der Waals surface area contributed by atoms with E-state index in [1.807, 2.05) is 62.3 Å². The third-order valence-corrected chi connectivity index (χ3v) is 4.01. The van der Waals surface area contributed by atoms with Gasteiger partial charge in [-0.05, 0) is 75.8 Å². The highest BCUT2D eigenvalue weighted by Gasteiger charge is 2.29. The summed E-state index contributed by atoms with van der Waals surface area (Å²) in [5.41, 5.74) is -0.739. The molecule has 242 valence electrons. The average molecular weight is 584 g/mol. The molecule has 0 aromatic carbocycles. The van der Waals surface area contributed by atoms with Gasteiger partial charge in [-0.25, -0.2) is 0 Å². The van der Waals surface area contributed by atoms with Crippen molar-refractivity contribution in [2.24, 2.45) is 0 Å². The number of hydrogen-bond donors (Lipinski definition) is 2. The lowest BCUT2D eigenvalue weighted by molar-refractivity contribution is -0.138. The highest BCUT2D eigenvalue weighted by Crippen LogP contribution is 2.09. The van der Waals surface area contributed by atoms with Crippen molar-refractivity contribution in [1.29, 1.82) is 0 Å². The number of ketones is 1. The molecule has 0 rings (SSSR count). The number of aliphatic hydroxyl groups excluding tert-OH is 1. The minimum atomic E-state index is -0.463. The maximum Gasteiger partial charge on any atom is 0.293 e. The fraction of sp³-hybridized carbons (Fsp3) is 0.862. The van der Waals surface area contributed by atoms with Crippen molar-refractivity contribution in [3.05, 3.63) is 0 Å². The smallest absolute Gasteiger partial charge is 0.293 e. The normalized spacial score (nSPS) is 11.9. The molecule has 0 aliphatic rings. The topological polar surface area (TPSA) is 147 Å². The first-order chi connectivity index (χ1) is 18.5. The van der Waals surface area contributed by atoms with Crippen LogP contribution in [0.2, 0.25) is 0 Å². The van der Waals surface area contributed by atoms with Crippen LogP contribution in [-0.2, 0) is 42.9 Å². The molecule has 0 amide bonds. The van der Waals surface area contributed by atoms with Crippen molar-refractivity contribution in [2.75, 3.05) is 53.8 Å². The van der Waals surface area contributed by atoms with E-state index in [2.05, 4.69) is 10.1 Å². The summed E-state index contributed by atoms with van der Waals surface area (Å²) < 4.78 is 26.2. The van der Waals surface area contributed by atoms with Gasteiger partial charge in [0.25, 0.3) is 6.47 Å². The predicted octanol–water partition coefficient (Wildman–Crippen LogP) is 3.56. The fourth-order valence-corrected chi connectivity index (χ4v) is 1.78. The molecule has 0 saturated carbocycles. The van der Waals surface area contributed by atoms with Crippen molar-refractivity contribution in [3.63, 3.8) is 0 Å². The van der Waals surface area contributed by atoms with Crippen LogP contribution in [0, 0.1) is 0 Å². The van der Waals surface area contributed by atoms with Crippen LogP contribution >= 0.6 is 0 Å². The Morgan fingerprint density at radius 3 is 1.55 bits per heavy atom. The first-order valence-electron chi connectivity index (χ1n) is 13.4. The van der Waals surface area contributed by atoms with Crippen molar-refractivity contribution in [1.82, 2.24) is 5.32 Å². The van der Waals surface area contributed by atoms with Gasteiger partial charge < -0.3 is 43.7 Å². The van der Waals surface area contributed by atoms with Crippen LogP contribution in [0.1, 0.15) is 88.5 Å². The second-order valence-corrected chi connectivity index (χ2v) is 10.8. The minimum Gasteiger partial charge on any atom is -0.462 e. The van der Waals surface area contributed by atoms with Gasteiger partial charge in [0.2, 0.25) is 0 Å². The Kier molecular flexibility index (Phi) is 38.1. The average Bonchev–Trinajstić information content (AvgIpc) is 2.84. The molecule has 0 aromatic heterocycles. The van der Waals surface area contributed by atoms with Gasteiger partial charge >= 0.3 is 0 Å². The Balaban J connectivity index is -0.000000174. The molecule has 40 heavy (non-hydrogen) atoms. The molecule has 0 aromatic rings. The summed E-state index contributed by atoms with van der Waals surface area (Å²) in [4.78, 5) is 38.8. The number of hydrogen-bond acceptors (Lipinski definition) is 11. The van der Waals surface area contributed by atoms with E-state index in [0.717, 1.165) is 12.7 Å². The lowest BCUT2D eigenvalue weighted by atomic mass is 10.0. The first kappa shape index (κ1) is 48.0. The van der Waals surface area contributed by atoms with Crippen molar-refractivity contribution in [3.8, 4) is 0 Å². The van der Waals surface area contributed by atoms with Crippen LogP contribution in [0.15, 0.2) is 0 Å². The largest absolute Gasteiger partial charge is 0.462 e. The molecule has 11 nitrogen and oxygen atoms in total. The summed E-state index contributed by atoms with van der Waals surface area (Å²) in [5.74, 6) is 0.106. The molecular weight excluding hydrogens is 522 g/mol. The summed E-state index contributed by atoms with van der Waals surface area (Å²) in [6, 6.07) is 0. The zero-order valence-electron chi connectivity index (χ0n) is 27.4. The van der Waals surface area contributed by atoms with Crippen LogP contribution in [-0.4, -0.2) is 107 Å². The van der Waals surface area contributed by atoms with Crippen LogP contribution in [0.4, 0.5) is 0 Å². The summed E-state index contributed by atoms with van der Waals surface area (Å²) in [7, 11) is 3.53. The second kappa shape index (κ2) is 31.8. The van der Waals surface area contributed by atoms with Gasteiger partial charge in [-0.1, -0.05) is 6.92 Å². The van der Waals surface area contributed by atoms with E-state index >= 15 is 0 Å². The third kappa shape index (κ3) is 52.6. The van der Waals surface area contributed by atoms with Crippen LogP contribution < -0.4 is 5.32 Å². The number of ether oxygens (including phenoxy) is 5. The van der Waals surface area contributed by atoms with E-state index in [4.69, 9.17) is 28.8 Å². The van der Waals surface area contributed by atoms with E-state index in [0.29, 0.717) is 59.0 Å². The minimum absolute atomic E-state index is 0.0417. The molecule has 0 fully saturated rings. The van der Waals surface area contributed by atoms with Crippen LogP contribution in [0.5, 0.6) is 0 Å². The van der Waals surface area contributed by atoms with Gasteiger partial charge in [0.1, 0.15) is 24.5 Å². The standard InChI is InChI=1S/C15H29NO5.C5H10O2.C5H12O.C3H8O.CH2O/c1-4-8-19-11-15(16-3,12-20-9-5-7-17)13-21-10-6-14(2)18;1-5(2,3)7-4-6;1-5(2,3)6-4;1-3(2)4;1-2/h7,16H,4-6,8-13H2,1-3H3;4H,1-3H3;1-4H3;3-4H,1-2H3;1H2. The number of carbonyl (C=O) groups excluding carboxylic acids is 4. The van der Waals surface area contributed by atoms with E-state index < -0.39 is 5.54 Å². The fourth-order valence-electron chi connectivity index (χ4n) is 1.78. The number of aliphatic hydroxyl groups is 1. The molecule has 0 aliphatic heterocycles. The third-order valence-electron chi connectivity index (χ3n) is 4.01. The summed E-state index contributed by atoms with van der Waals surface area (Å²) in [5, 5.41) is 11.2. The first-order valence-corrected chi connectivity index (χ1v) is 13.4. The van der Waals surface area contributed by atoms with Gasteiger partial charge in [0.05, 0.1) is 44.2 Å². The number of methoxy groups -OCH3 is 1. The molecule has 0 spiro atoms. The zero-order chi connectivity index (χ0) is 32.7. The molecule has 2 N–H and O–H groups in total. The summed E-state index contributed by atoms with van der Waals surface area (Å²) in [6.45, 7) is 23.7. The van der Waals surface area contributed by atoms with Crippen molar-refractivity contribution in [2.45, 2.75) is 111 Å². The zero-order valence-corrected chi connectivity index (χ0v) is 27.4. The maximum atomic E-state index is 10.9. The lowest BCUT2D eigenvalue weighted by Gasteiger charge is -2.32. The van der Waals surface area contributed by atoms with E-state index in [1.54, 1.807) is 27.9 Å². The molecule has 1 atom stereocenters. The van der Waals surface area contributed by atoms with E-state index in [1.165, 1.54) is 0 Å². The molecular formula is C29H61NO10. The van der Waals surface area contributed by atoms with Gasteiger partial charge in [0.15, 0.2) is 0 Å². The lowest BCUT2D eigenvalue weighted by Crippen LogP contribution is -2.55. The van der Waals surface area contributed by atoms with E-state index in [-0.39, 0.29) is 23.1 Å². The monoisotopic (exact) mass is 583 g/mol.